The highest BCUT2D eigenvalue weighted by Crippen LogP contribution is 2.31. The van der Waals surface area contributed by atoms with Crippen molar-refractivity contribution >= 4 is 11.8 Å². The number of rotatable bonds is 4. The van der Waals surface area contributed by atoms with E-state index in [2.05, 4.69) is 10.3 Å². The summed E-state index contributed by atoms with van der Waals surface area (Å²) in [7, 11) is 0. The lowest BCUT2D eigenvalue weighted by molar-refractivity contribution is -0.137. The van der Waals surface area contributed by atoms with Crippen molar-refractivity contribution in [2.75, 3.05) is 13.1 Å². The number of nitrogens with one attached hydrogen (secondary N) is 1. The number of hydrogen-bond donors (Lipinski definition) is 1. The first-order chi connectivity index (χ1) is 11.2. The number of carbonyl (C=O) groups excluding carboxylic acids is 2. The minimum absolute atomic E-state index is 0.0429. The number of carbonyl (C=O) groups is 2. The van der Waals surface area contributed by atoms with Crippen molar-refractivity contribution < 1.29 is 9.59 Å². The summed E-state index contributed by atoms with van der Waals surface area (Å²) in [5.74, 6) is 0.590. The molecule has 2 amide bonds. The van der Waals surface area contributed by atoms with E-state index in [1.807, 2.05) is 23.1 Å². The van der Waals surface area contributed by atoms with Gasteiger partial charge in [-0.15, -0.1) is 0 Å². The molecule has 0 radical (unpaired) electrons. The van der Waals surface area contributed by atoms with Crippen LogP contribution in [-0.4, -0.2) is 34.8 Å². The van der Waals surface area contributed by atoms with E-state index in [1.165, 1.54) is 0 Å². The van der Waals surface area contributed by atoms with Gasteiger partial charge in [-0.05, 0) is 50.7 Å². The van der Waals surface area contributed by atoms with E-state index in [1.54, 1.807) is 6.20 Å². The maximum atomic E-state index is 12.4. The molecular weight excluding hydrogens is 290 g/mol. The van der Waals surface area contributed by atoms with Crippen LogP contribution in [0.3, 0.4) is 0 Å². The molecule has 124 valence electrons. The Morgan fingerprint density at radius 3 is 2.43 bits per heavy atom. The Morgan fingerprint density at radius 1 is 1.09 bits per heavy atom. The Morgan fingerprint density at radius 2 is 1.78 bits per heavy atom. The third-order valence-electron chi connectivity index (χ3n) is 5.03. The smallest absolute Gasteiger partial charge is 0.225 e. The van der Waals surface area contributed by atoms with E-state index >= 15 is 0 Å². The van der Waals surface area contributed by atoms with Crippen molar-refractivity contribution in [1.82, 2.24) is 15.2 Å². The van der Waals surface area contributed by atoms with E-state index in [0.29, 0.717) is 12.5 Å². The summed E-state index contributed by atoms with van der Waals surface area (Å²) in [5, 5.41) is 2.97. The Balaban J connectivity index is 1.43. The van der Waals surface area contributed by atoms with E-state index < -0.39 is 0 Å². The van der Waals surface area contributed by atoms with Crippen LogP contribution in [0.5, 0.6) is 0 Å². The summed E-state index contributed by atoms with van der Waals surface area (Å²) in [6, 6.07) is 5.69. The van der Waals surface area contributed by atoms with E-state index in [-0.39, 0.29) is 17.7 Å². The summed E-state index contributed by atoms with van der Waals surface area (Å²) in [4.78, 5) is 30.9. The number of aromatic nitrogens is 1. The highest BCUT2D eigenvalue weighted by Gasteiger charge is 2.32. The van der Waals surface area contributed by atoms with Gasteiger partial charge in [-0.2, -0.15) is 0 Å². The zero-order chi connectivity index (χ0) is 16.1. The van der Waals surface area contributed by atoms with Gasteiger partial charge < -0.3 is 10.2 Å². The average Bonchev–Trinajstić information content (AvgIpc) is 3.15. The highest BCUT2D eigenvalue weighted by atomic mass is 16.2. The second-order valence-corrected chi connectivity index (χ2v) is 6.62. The first-order valence-electron chi connectivity index (χ1n) is 8.70. The predicted molar refractivity (Wildman–Crippen MR) is 87.3 cm³/mol. The zero-order valence-electron chi connectivity index (χ0n) is 13.5. The summed E-state index contributed by atoms with van der Waals surface area (Å²) < 4.78 is 0. The van der Waals surface area contributed by atoms with Crippen LogP contribution >= 0.6 is 0 Å². The van der Waals surface area contributed by atoms with Gasteiger partial charge in [0.2, 0.25) is 11.8 Å². The highest BCUT2D eigenvalue weighted by molar-refractivity contribution is 5.81. The van der Waals surface area contributed by atoms with Crippen LogP contribution in [0.15, 0.2) is 24.4 Å². The van der Waals surface area contributed by atoms with Gasteiger partial charge in [-0.1, -0.05) is 6.07 Å². The number of likely N-dealkylation sites (tertiary alicyclic amines) is 1. The Hall–Kier alpha value is -1.91. The summed E-state index contributed by atoms with van der Waals surface area (Å²) in [6.45, 7) is 2.32. The average molecular weight is 315 g/mol. The molecule has 0 aromatic carbocycles. The van der Waals surface area contributed by atoms with E-state index in [0.717, 1.165) is 57.3 Å². The van der Waals surface area contributed by atoms with Crippen LogP contribution in [-0.2, 0) is 16.1 Å². The van der Waals surface area contributed by atoms with Crippen molar-refractivity contribution in [2.45, 2.75) is 45.1 Å². The topological polar surface area (TPSA) is 62.3 Å². The minimum Gasteiger partial charge on any atom is -0.350 e. The number of hydrogen-bond acceptors (Lipinski definition) is 3. The molecule has 5 heteroatoms. The maximum Gasteiger partial charge on any atom is 0.225 e. The third-order valence-corrected chi connectivity index (χ3v) is 5.03. The molecule has 1 aromatic heterocycles. The summed E-state index contributed by atoms with van der Waals surface area (Å²) >= 11 is 0. The van der Waals surface area contributed by atoms with Crippen LogP contribution in [0, 0.1) is 11.8 Å². The lowest BCUT2D eigenvalue weighted by Gasteiger charge is -2.29. The molecule has 1 saturated carbocycles. The molecule has 1 aromatic rings. The summed E-state index contributed by atoms with van der Waals surface area (Å²) in [5.41, 5.74) is 0.874. The van der Waals surface area contributed by atoms with Crippen molar-refractivity contribution in [3.63, 3.8) is 0 Å². The molecule has 23 heavy (non-hydrogen) atoms. The molecule has 1 saturated heterocycles. The molecule has 2 fully saturated rings. The predicted octanol–water partition coefficient (Wildman–Crippen LogP) is 2.13. The van der Waals surface area contributed by atoms with E-state index in [9.17, 15) is 9.59 Å². The minimum atomic E-state index is 0.0429. The summed E-state index contributed by atoms with van der Waals surface area (Å²) in [6.07, 6.45) is 7.33. The Labute approximate surface area is 137 Å². The SMILES string of the molecule is O=C(NCc1ccccn1)C1CCC(C(=O)N2CCCC2)CC1. The molecule has 0 unspecified atom stereocenters. The van der Waals surface area contributed by atoms with Crippen molar-refractivity contribution in [3.8, 4) is 0 Å². The van der Waals surface area contributed by atoms with Crippen LogP contribution in [0.2, 0.25) is 0 Å². The first-order valence-corrected chi connectivity index (χ1v) is 8.70. The quantitative estimate of drug-likeness (QED) is 0.926. The van der Waals surface area contributed by atoms with Crippen molar-refractivity contribution in [1.29, 1.82) is 0 Å². The van der Waals surface area contributed by atoms with Gasteiger partial charge in [0.15, 0.2) is 0 Å². The Kier molecular flexibility index (Phi) is 5.26. The zero-order valence-corrected chi connectivity index (χ0v) is 13.5. The van der Waals surface area contributed by atoms with Crippen LogP contribution in [0.25, 0.3) is 0 Å². The number of amides is 2. The van der Waals surface area contributed by atoms with Crippen LogP contribution < -0.4 is 5.32 Å². The van der Waals surface area contributed by atoms with Gasteiger partial charge in [-0.3, -0.25) is 14.6 Å². The normalized spacial score (nSPS) is 24.4. The molecule has 3 rings (SSSR count). The fourth-order valence-corrected chi connectivity index (χ4v) is 3.62. The monoisotopic (exact) mass is 315 g/mol. The molecule has 0 bridgehead atoms. The third kappa shape index (κ3) is 4.09. The van der Waals surface area contributed by atoms with Gasteiger partial charge >= 0.3 is 0 Å². The lowest BCUT2D eigenvalue weighted by Crippen LogP contribution is -2.38. The van der Waals surface area contributed by atoms with E-state index in [4.69, 9.17) is 0 Å². The standard InChI is InChI=1S/C18H25N3O2/c22-17(20-13-16-5-1-2-10-19-16)14-6-8-15(9-7-14)18(23)21-11-3-4-12-21/h1-2,5,10,14-15H,3-4,6-9,11-13H2,(H,20,22). The van der Waals surface area contributed by atoms with Gasteiger partial charge in [0.1, 0.15) is 0 Å². The van der Waals surface area contributed by atoms with Crippen LogP contribution in [0.4, 0.5) is 0 Å². The molecule has 1 N–H and O–H groups in total. The van der Waals surface area contributed by atoms with Crippen molar-refractivity contribution in [3.05, 3.63) is 30.1 Å². The molecule has 0 spiro atoms. The molecule has 1 aliphatic carbocycles. The second kappa shape index (κ2) is 7.57. The molecule has 2 heterocycles. The molecular formula is C18H25N3O2. The number of nitrogens with zero attached hydrogens (tertiary/aromatic N) is 2. The molecule has 2 aliphatic rings. The van der Waals surface area contributed by atoms with Gasteiger partial charge in [0.05, 0.1) is 12.2 Å². The van der Waals surface area contributed by atoms with Gasteiger partial charge in [-0.25, -0.2) is 0 Å². The van der Waals surface area contributed by atoms with Crippen LogP contribution in [0.1, 0.15) is 44.2 Å². The largest absolute Gasteiger partial charge is 0.350 e. The second-order valence-electron chi connectivity index (χ2n) is 6.62. The molecule has 0 atom stereocenters. The number of pyridine rings is 1. The van der Waals surface area contributed by atoms with Crippen molar-refractivity contribution in [2.24, 2.45) is 11.8 Å². The fourth-order valence-electron chi connectivity index (χ4n) is 3.62. The Bertz CT molecular complexity index is 532. The molecule has 5 nitrogen and oxygen atoms in total. The molecule has 1 aliphatic heterocycles. The lowest BCUT2D eigenvalue weighted by atomic mass is 9.81. The van der Waals surface area contributed by atoms with Gasteiger partial charge in [0, 0.05) is 31.1 Å². The first kappa shape index (κ1) is 16.0. The maximum absolute atomic E-state index is 12.4. The fraction of sp³-hybridized carbons (Fsp3) is 0.611. The van der Waals surface area contributed by atoms with Gasteiger partial charge in [0.25, 0.3) is 0 Å².